The van der Waals surface area contributed by atoms with Crippen molar-refractivity contribution in [2.24, 2.45) is 0 Å². The van der Waals surface area contributed by atoms with Crippen molar-refractivity contribution in [3.8, 4) is 34.0 Å². The number of benzene rings is 5. The van der Waals surface area contributed by atoms with Crippen LogP contribution in [-0.4, -0.2) is 19.1 Å². The van der Waals surface area contributed by atoms with Gasteiger partial charge >= 0.3 is 0 Å². The Labute approximate surface area is 255 Å². The molecule has 5 nitrogen and oxygen atoms in total. The van der Waals surface area contributed by atoms with Crippen LogP contribution in [0.15, 0.2) is 128 Å². The molecule has 5 heteroatoms. The van der Waals surface area contributed by atoms with Gasteiger partial charge in [0, 0.05) is 29.1 Å². The Hall–Kier alpha value is -5.68. The summed E-state index contributed by atoms with van der Waals surface area (Å²) in [5.41, 5.74) is 12.1. The van der Waals surface area contributed by atoms with Crippen LogP contribution in [0.5, 0.6) is 11.5 Å². The van der Waals surface area contributed by atoms with Crippen molar-refractivity contribution >= 4 is 33.0 Å². The van der Waals surface area contributed by atoms with Gasteiger partial charge in [-0.3, -0.25) is 9.13 Å². The van der Waals surface area contributed by atoms with E-state index in [1.54, 1.807) is 0 Å². The molecular formula is C39H30N4O. The Bertz CT molecular complexity index is 2280. The first-order valence-electron chi connectivity index (χ1n) is 14.8. The summed E-state index contributed by atoms with van der Waals surface area (Å²) >= 11 is 0. The molecule has 0 amide bonds. The van der Waals surface area contributed by atoms with Crippen molar-refractivity contribution in [3.05, 3.63) is 144 Å². The third kappa shape index (κ3) is 4.33. The Morgan fingerprint density at radius 3 is 2.20 bits per heavy atom. The second-order valence-electron chi connectivity index (χ2n) is 11.4. The number of ether oxygens (including phenoxy) is 1. The quantitative estimate of drug-likeness (QED) is 0.207. The van der Waals surface area contributed by atoms with E-state index in [1.165, 1.54) is 27.6 Å². The highest BCUT2D eigenvalue weighted by Gasteiger charge is 2.15. The van der Waals surface area contributed by atoms with E-state index in [1.807, 2.05) is 48.9 Å². The van der Waals surface area contributed by atoms with Crippen molar-refractivity contribution in [1.29, 1.82) is 0 Å². The van der Waals surface area contributed by atoms with E-state index in [0.29, 0.717) is 0 Å². The van der Waals surface area contributed by atoms with Crippen molar-refractivity contribution in [2.75, 3.05) is 0 Å². The van der Waals surface area contributed by atoms with E-state index in [-0.39, 0.29) is 0 Å². The van der Waals surface area contributed by atoms with Crippen molar-refractivity contribution in [3.63, 3.8) is 0 Å². The van der Waals surface area contributed by atoms with E-state index in [9.17, 15) is 0 Å². The van der Waals surface area contributed by atoms with Crippen LogP contribution in [-0.2, 0) is 0 Å². The molecular weight excluding hydrogens is 540 g/mol. The summed E-state index contributed by atoms with van der Waals surface area (Å²) in [5, 5.41) is 2.30. The molecule has 8 aromatic rings. The first-order chi connectivity index (χ1) is 21.5. The molecule has 3 heterocycles. The number of aryl methyl sites for hydroxylation is 3. The van der Waals surface area contributed by atoms with Crippen molar-refractivity contribution < 1.29 is 4.74 Å². The molecule has 0 N–H and O–H groups in total. The summed E-state index contributed by atoms with van der Waals surface area (Å²) in [6.45, 7) is 6.50. The van der Waals surface area contributed by atoms with Gasteiger partial charge in [-0.25, -0.2) is 9.97 Å². The fraction of sp³-hybridized carbons (Fsp3) is 0.0769. The second-order valence-corrected chi connectivity index (χ2v) is 11.4. The van der Waals surface area contributed by atoms with Crippen LogP contribution < -0.4 is 4.74 Å². The summed E-state index contributed by atoms with van der Waals surface area (Å²) in [7, 11) is 0. The van der Waals surface area contributed by atoms with E-state index < -0.39 is 0 Å². The highest BCUT2D eigenvalue weighted by atomic mass is 16.5. The molecule has 3 aromatic heterocycles. The zero-order chi connectivity index (χ0) is 29.8. The molecule has 0 radical (unpaired) electrons. The van der Waals surface area contributed by atoms with E-state index in [4.69, 9.17) is 9.72 Å². The number of rotatable bonds is 5. The first kappa shape index (κ1) is 26.0. The molecule has 0 aliphatic carbocycles. The number of para-hydroxylation sites is 3. The minimum Gasteiger partial charge on any atom is -0.457 e. The SMILES string of the molecule is Cc1cc(C)c(-c2cc(Oc3cccc(-n4c5ccccc5c5cccnc54)c3)cc(-n3cnc4ccccc43)c2)c(C)c1. The maximum atomic E-state index is 6.69. The van der Waals surface area contributed by atoms with Gasteiger partial charge in [-0.1, -0.05) is 54.1 Å². The number of hydrogen-bond donors (Lipinski definition) is 0. The van der Waals surface area contributed by atoms with Gasteiger partial charge in [0.25, 0.3) is 0 Å². The van der Waals surface area contributed by atoms with Gasteiger partial charge in [0.05, 0.1) is 27.9 Å². The number of nitrogens with zero attached hydrogens (tertiary/aromatic N) is 4. The Balaban J connectivity index is 1.27. The number of hydrogen-bond acceptors (Lipinski definition) is 3. The van der Waals surface area contributed by atoms with E-state index >= 15 is 0 Å². The average molecular weight is 571 g/mol. The van der Waals surface area contributed by atoms with Crippen LogP contribution in [0, 0.1) is 20.8 Å². The fourth-order valence-electron chi connectivity index (χ4n) is 6.61. The van der Waals surface area contributed by atoms with Crippen molar-refractivity contribution in [1.82, 2.24) is 19.1 Å². The minimum absolute atomic E-state index is 0.750. The molecule has 0 spiro atoms. The van der Waals surface area contributed by atoms with Gasteiger partial charge in [0.1, 0.15) is 23.5 Å². The zero-order valence-electron chi connectivity index (χ0n) is 24.8. The second kappa shape index (κ2) is 10.2. The smallest absolute Gasteiger partial charge is 0.145 e. The lowest BCUT2D eigenvalue weighted by Gasteiger charge is -2.16. The molecule has 0 aliphatic heterocycles. The first-order valence-corrected chi connectivity index (χ1v) is 14.8. The molecule has 0 bridgehead atoms. The van der Waals surface area contributed by atoms with Gasteiger partial charge in [0.2, 0.25) is 0 Å². The lowest BCUT2D eigenvalue weighted by Crippen LogP contribution is -1.98. The van der Waals surface area contributed by atoms with Gasteiger partial charge in [0.15, 0.2) is 0 Å². The lowest BCUT2D eigenvalue weighted by atomic mass is 9.93. The molecule has 5 aromatic carbocycles. The predicted octanol–water partition coefficient (Wildman–Crippen LogP) is 9.90. The van der Waals surface area contributed by atoms with Gasteiger partial charge in [-0.15, -0.1) is 0 Å². The van der Waals surface area contributed by atoms with Crippen LogP contribution in [0.25, 0.3) is 55.5 Å². The van der Waals surface area contributed by atoms with E-state index in [2.05, 4.69) is 114 Å². The largest absolute Gasteiger partial charge is 0.457 e. The number of aromatic nitrogens is 4. The summed E-state index contributed by atoms with van der Waals surface area (Å²) in [4.78, 5) is 9.42. The minimum atomic E-state index is 0.750. The molecule has 0 unspecified atom stereocenters. The van der Waals surface area contributed by atoms with E-state index in [0.717, 1.165) is 56.0 Å². The van der Waals surface area contributed by atoms with Gasteiger partial charge < -0.3 is 4.74 Å². The molecule has 8 rings (SSSR count). The van der Waals surface area contributed by atoms with Gasteiger partial charge in [-0.2, -0.15) is 0 Å². The summed E-state index contributed by atoms with van der Waals surface area (Å²) in [6.07, 6.45) is 3.73. The molecule has 44 heavy (non-hydrogen) atoms. The molecule has 0 aliphatic rings. The maximum Gasteiger partial charge on any atom is 0.145 e. The van der Waals surface area contributed by atoms with Crippen LogP contribution in [0.3, 0.4) is 0 Å². The molecule has 0 saturated heterocycles. The summed E-state index contributed by atoms with van der Waals surface area (Å²) in [5.74, 6) is 1.51. The number of fused-ring (bicyclic) bond motifs is 4. The molecule has 0 atom stereocenters. The Kier molecular flexibility index (Phi) is 6.05. The molecule has 0 fully saturated rings. The normalized spacial score (nSPS) is 11.5. The average Bonchev–Trinajstić information content (AvgIpc) is 3.60. The number of imidazole rings is 1. The van der Waals surface area contributed by atoms with Gasteiger partial charge in [-0.05, 0) is 97.6 Å². The third-order valence-corrected chi connectivity index (χ3v) is 8.33. The molecule has 212 valence electrons. The summed E-state index contributed by atoms with van der Waals surface area (Å²) < 4.78 is 11.0. The summed E-state index contributed by atoms with van der Waals surface area (Å²) in [6, 6.07) is 39.9. The standard InChI is InChI=1S/C39H30N4O/c1-25-18-26(2)38(27(3)19-25)28-20-30(42-24-41-35-14-5-7-16-37(35)42)23-32(21-28)44-31-11-8-10-29(22-31)43-36-15-6-4-12-33(36)34-13-9-17-40-39(34)43/h4-24H,1-3H3. The zero-order valence-corrected chi connectivity index (χ0v) is 24.8. The highest BCUT2D eigenvalue weighted by Crippen LogP contribution is 2.37. The van der Waals surface area contributed by atoms with Crippen molar-refractivity contribution in [2.45, 2.75) is 20.8 Å². The van der Waals surface area contributed by atoms with Crippen LogP contribution in [0.1, 0.15) is 16.7 Å². The topological polar surface area (TPSA) is 44.9 Å². The number of pyridine rings is 1. The predicted molar refractivity (Wildman–Crippen MR) is 179 cm³/mol. The van der Waals surface area contributed by atoms with Crippen LogP contribution >= 0.6 is 0 Å². The lowest BCUT2D eigenvalue weighted by molar-refractivity contribution is 0.482. The highest BCUT2D eigenvalue weighted by molar-refractivity contribution is 6.07. The molecule has 0 saturated carbocycles. The van der Waals surface area contributed by atoms with Crippen LogP contribution in [0.2, 0.25) is 0 Å². The third-order valence-electron chi connectivity index (χ3n) is 8.33. The Morgan fingerprint density at radius 1 is 0.591 bits per heavy atom. The maximum absolute atomic E-state index is 6.69. The Morgan fingerprint density at radius 2 is 1.34 bits per heavy atom. The fourth-order valence-corrected chi connectivity index (χ4v) is 6.61. The monoisotopic (exact) mass is 570 g/mol. The van der Waals surface area contributed by atoms with Crippen LogP contribution in [0.4, 0.5) is 0 Å².